The van der Waals surface area contributed by atoms with Gasteiger partial charge in [-0.1, -0.05) is 72.8 Å². The van der Waals surface area contributed by atoms with E-state index in [4.69, 9.17) is 0 Å². The highest BCUT2D eigenvalue weighted by molar-refractivity contribution is 6.27. The zero-order valence-electron chi connectivity index (χ0n) is 16.7. The summed E-state index contributed by atoms with van der Waals surface area (Å²) in [4.78, 5) is 24.4. The second-order valence-corrected chi connectivity index (χ2v) is 7.91. The van der Waals surface area contributed by atoms with Crippen LogP contribution in [0.15, 0.2) is 96.1 Å². The zero-order valence-corrected chi connectivity index (χ0v) is 16.7. The molecule has 146 valence electrons. The quantitative estimate of drug-likeness (QED) is 0.305. The van der Waals surface area contributed by atoms with Gasteiger partial charge in [0.1, 0.15) is 0 Å². The molecule has 0 heterocycles. The van der Waals surface area contributed by atoms with Crippen LogP contribution < -0.4 is 0 Å². The number of Topliss-reactive ketones (excluding diaryl/α,β-unsaturated/α-hetero) is 2. The number of carbonyl (C=O) groups is 2. The molecule has 4 aromatic carbocycles. The number of fused-ring (bicyclic) bond motifs is 3. The van der Waals surface area contributed by atoms with Crippen molar-refractivity contribution < 1.29 is 9.59 Å². The molecule has 0 saturated carbocycles. The topological polar surface area (TPSA) is 34.1 Å². The highest BCUT2D eigenvalue weighted by atomic mass is 16.1. The number of ketones is 2. The Hall–Kier alpha value is -3.52. The summed E-state index contributed by atoms with van der Waals surface area (Å²) in [5.41, 5.74) is 2.73. The summed E-state index contributed by atoms with van der Waals surface area (Å²) in [7, 11) is 0. The first-order valence-electron chi connectivity index (χ1n) is 10.5. The molecule has 2 nitrogen and oxygen atoms in total. The molecule has 4 aromatic rings. The van der Waals surface area contributed by atoms with Gasteiger partial charge in [0.25, 0.3) is 0 Å². The van der Waals surface area contributed by atoms with Crippen LogP contribution in [-0.4, -0.2) is 11.6 Å². The molecule has 0 unspecified atom stereocenters. The van der Waals surface area contributed by atoms with Gasteiger partial charge >= 0.3 is 0 Å². The first kappa shape index (κ1) is 18.5. The summed E-state index contributed by atoms with van der Waals surface area (Å²) in [6.07, 6.45) is 3.60. The Bertz CT molecular complexity index is 1170. The lowest BCUT2D eigenvalue weighted by atomic mass is 9.77. The van der Waals surface area contributed by atoms with Crippen LogP contribution in [0.4, 0.5) is 0 Å². The Kier molecular flexibility index (Phi) is 4.76. The fourth-order valence-electron chi connectivity index (χ4n) is 4.49. The van der Waals surface area contributed by atoms with E-state index in [2.05, 4.69) is 60.7 Å². The molecule has 0 radical (unpaired) electrons. The molecule has 6 rings (SSSR count). The SMILES string of the molecule is O=C1C2=C(CCCC2)C(=O)c2ccccc21.c1ccc2cc3ccccc3cc2c1. The summed E-state index contributed by atoms with van der Waals surface area (Å²) < 4.78 is 0. The molecule has 2 aliphatic rings. The van der Waals surface area contributed by atoms with Crippen LogP contribution in [0.3, 0.4) is 0 Å². The molecule has 0 aliphatic heterocycles. The van der Waals surface area contributed by atoms with Crippen LogP contribution in [0.5, 0.6) is 0 Å². The molecule has 0 spiro atoms. The highest BCUT2D eigenvalue weighted by Crippen LogP contribution is 2.34. The molecule has 2 heteroatoms. The van der Waals surface area contributed by atoms with Crippen molar-refractivity contribution in [2.75, 3.05) is 0 Å². The predicted octanol–water partition coefficient (Wildman–Crippen LogP) is 6.93. The van der Waals surface area contributed by atoms with E-state index in [1.54, 1.807) is 12.1 Å². The average Bonchev–Trinajstić information content (AvgIpc) is 2.81. The fourth-order valence-corrected chi connectivity index (χ4v) is 4.49. The standard InChI is InChI=1S/C14H12O2.C14H10/c15-13-9-5-1-2-6-10(9)14(16)12-8-4-3-7-11(12)13;1-2-6-12-10-14-8-4-3-7-13(14)9-11(12)5-1/h1-2,5-6H,3-4,7-8H2;1-10H. The lowest BCUT2D eigenvalue weighted by molar-refractivity contribution is 0.0964. The van der Waals surface area contributed by atoms with Gasteiger partial charge in [-0.2, -0.15) is 0 Å². The summed E-state index contributed by atoms with van der Waals surface area (Å²) >= 11 is 0. The number of hydrogen-bond donors (Lipinski definition) is 0. The van der Waals surface area contributed by atoms with Crippen LogP contribution in [0.1, 0.15) is 46.4 Å². The van der Waals surface area contributed by atoms with Gasteiger partial charge < -0.3 is 0 Å². The number of benzene rings is 4. The lowest BCUT2D eigenvalue weighted by Gasteiger charge is -2.24. The number of rotatable bonds is 0. The van der Waals surface area contributed by atoms with Crippen molar-refractivity contribution in [1.82, 2.24) is 0 Å². The molecule has 0 amide bonds. The Morgan fingerprint density at radius 3 is 1.17 bits per heavy atom. The predicted molar refractivity (Wildman–Crippen MR) is 122 cm³/mol. The van der Waals surface area contributed by atoms with Gasteiger partial charge in [0.15, 0.2) is 11.6 Å². The summed E-state index contributed by atoms with van der Waals surface area (Å²) in [5, 5.41) is 5.25. The van der Waals surface area contributed by atoms with Gasteiger partial charge in [-0.15, -0.1) is 0 Å². The lowest BCUT2D eigenvalue weighted by Crippen LogP contribution is -2.24. The van der Waals surface area contributed by atoms with Crippen LogP contribution >= 0.6 is 0 Å². The maximum Gasteiger partial charge on any atom is 0.190 e. The van der Waals surface area contributed by atoms with Crippen molar-refractivity contribution in [1.29, 1.82) is 0 Å². The molecule has 0 saturated heterocycles. The highest BCUT2D eigenvalue weighted by Gasteiger charge is 2.32. The first-order valence-corrected chi connectivity index (χ1v) is 10.5. The van der Waals surface area contributed by atoms with Crippen LogP contribution in [-0.2, 0) is 0 Å². The molecule has 2 aliphatic carbocycles. The van der Waals surface area contributed by atoms with Crippen molar-refractivity contribution >= 4 is 33.1 Å². The Balaban J connectivity index is 0.000000130. The monoisotopic (exact) mass is 390 g/mol. The minimum absolute atomic E-state index is 0.0740. The third-order valence-corrected chi connectivity index (χ3v) is 6.05. The van der Waals surface area contributed by atoms with Gasteiger partial charge in [-0.05, 0) is 59.4 Å². The minimum atomic E-state index is 0.0740. The van der Waals surface area contributed by atoms with Gasteiger partial charge in [-0.3, -0.25) is 9.59 Å². The molecular formula is C28H22O2. The van der Waals surface area contributed by atoms with E-state index in [0.29, 0.717) is 11.1 Å². The Morgan fingerprint density at radius 1 is 0.467 bits per heavy atom. The maximum absolute atomic E-state index is 12.2. The Morgan fingerprint density at radius 2 is 0.800 bits per heavy atom. The van der Waals surface area contributed by atoms with Gasteiger partial charge in [0, 0.05) is 22.3 Å². The summed E-state index contributed by atoms with van der Waals surface area (Å²) in [6, 6.07) is 28.6. The van der Waals surface area contributed by atoms with E-state index < -0.39 is 0 Å². The third-order valence-electron chi connectivity index (χ3n) is 6.05. The average molecular weight is 390 g/mol. The summed E-state index contributed by atoms with van der Waals surface area (Å²) in [5.74, 6) is 0.148. The van der Waals surface area contributed by atoms with Crippen molar-refractivity contribution in [3.05, 3.63) is 107 Å². The number of hydrogen-bond acceptors (Lipinski definition) is 2. The molecule has 0 bridgehead atoms. The van der Waals surface area contributed by atoms with Crippen molar-refractivity contribution in [3.63, 3.8) is 0 Å². The second kappa shape index (κ2) is 7.72. The maximum atomic E-state index is 12.2. The van der Waals surface area contributed by atoms with Crippen LogP contribution in [0.25, 0.3) is 21.5 Å². The van der Waals surface area contributed by atoms with E-state index in [1.165, 1.54) is 21.5 Å². The van der Waals surface area contributed by atoms with Gasteiger partial charge in [-0.25, -0.2) is 0 Å². The largest absolute Gasteiger partial charge is 0.289 e. The van der Waals surface area contributed by atoms with E-state index in [0.717, 1.165) is 36.8 Å². The Labute approximate surface area is 175 Å². The van der Waals surface area contributed by atoms with Crippen molar-refractivity contribution in [2.45, 2.75) is 25.7 Å². The molecular weight excluding hydrogens is 368 g/mol. The molecule has 0 N–H and O–H groups in total. The first-order chi connectivity index (χ1) is 14.7. The van der Waals surface area contributed by atoms with E-state index >= 15 is 0 Å². The van der Waals surface area contributed by atoms with Crippen molar-refractivity contribution in [2.24, 2.45) is 0 Å². The normalized spacial score (nSPS) is 15.5. The molecule has 0 fully saturated rings. The fraction of sp³-hybridized carbons (Fsp3) is 0.143. The molecule has 30 heavy (non-hydrogen) atoms. The second-order valence-electron chi connectivity index (χ2n) is 7.91. The number of carbonyl (C=O) groups excluding carboxylic acids is 2. The van der Waals surface area contributed by atoms with Crippen LogP contribution in [0.2, 0.25) is 0 Å². The van der Waals surface area contributed by atoms with Crippen molar-refractivity contribution in [3.8, 4) is 0 Å². The van der Waals surface area contributed by atoms with E-state index in [9.17, 15) is 9.59 Å². The van der Waals surface area contributed by atoms with Gasteiger partial charge in [0.2, 0.25) is 0 Å². The van der Waals surface area contributed by atoms with E-state index in [1.807, 2.05) is 12.1 Å². The summed E-state index contributed by atoms with van der Waals surface area (Å²) in [6.45, 7) is 0. The van der Waals surface area contributed by atoms with Crippen LogP contribution in [0, 0.1) is 0 Å². The third kappa shape index (κ3) is 3.25. The minimum Gasteiger partial charge on any atom is -0.289 e. The van der Waals surface area contributed by atoms with Gasteiger partial charge in [0.05, 0.1) is 0 Å². The van der Waals surface area contributed by atoms with E-state index in [-0.39, 0.29) is 11.6 Å². The molecule has 0 atom stereocenters. The smallest absolute Gasteiger partial charge is 0.190 e. The zero-order chi connectivity index (χ0) is 20.5. The molecule has 0 aromatic heterocycles. The number of allylic oxidation sites excluding steroid dienone is 2.